The summed E-state index contributed by atoms with van der Waals surface area (Å²) in [5.74, 6) is -0.223. The van der Waals surface area contributed by atoms with Crippen molar-refractivity contribution in [2.45, 2.75) is 32.0 Å². The van der Waals surface area contributed by atoms with Gasteiger partial charge in [-0.3, -0.25) is 0 Å². The highest BCUT2D eigenvalue weighted by Gasteiger charge is 2.32. The number of aliphatic hydroxyl groups is 1. The molecule has 2 aromatic rings. The number of aliphatic hydroxyl groups excluding tert-OH is 1. The van der Waals surface area contributed by atoms with E-state index in [2.05, 4.69) is 10.2 Å². The van der Waals surface area contributed by atoms with Crippen LogP contribution < -0.4 is 0 Å². The molecule has 0 amide bonds. The van der Waals surface area contributed by atoms with Crippen LogP contribution in [0.3, 0.4) is 0 Å². The summed E-state index contributed by atoms with van der Waals surface area (Å²) in [6, 6.07) is 4.32. The predicted octanol–water partition coefficient (Wildman–Crippen LogP) is 3.48. The lowest BCUT2D eigenvalue weighted by atomic mass is 9.86. The van der Waals surface area contributed by atoms with Crippen LogP contribution in [0.4, 0.5) is 13.2 Å². The summed E-state index contributed by atoms with van der Waals surface area (Å²) in [5.41, 5.74) is 0.597. The lowest BCUT2D eigenvalue weighted by molar-refractivity contribution is -0.137. The monoisotopic (exact) mass is 324 g/mol. The van der Waals surface area contributed by atoms with Crippen LogP contribution in [-0.4, -0.2) is 20.4 Å². The van der Waals surface area contributed by atoms with Gasteiger partial charge in [-0.15, -0.1) is 0 Å². The lowest BCUT2D eigenvalue weighted by Gasteiger charge is -2.25. The molecular weight excluding hydrogens is 309 g/mol. The number of phenols is 1. The number of nitrogens with zero attached hydrogens (tertiary/aromatic N) is 2. The van der Waals surface area contributed by atoms with E-state index in [0.29, 0.717) is 30.2 Å². The van der Waals surface area contributed by atoms with Gasteiger partial charge in [0.2, 0.25) is 0 Å². The van der Waals surface area contributed by atoms with E-state index in [-0.39, 0.29) is 17.2 Å². The van der Waals surface area contributed by atoms with Gasteiger partial charge in [0, 0.05) is 11.1 Å². The number of fused-ring (bicyclic) bond motifs is 1. The van der Waals surface area contributed by atoms with Crippen molar-refractivity contribution < 1.29 is 23.4 Å². The van der Waals surface area contributed by atoms with Gasteiger partial charge in [-0.2, -0.15) is 23.4 Å². The van der Waals surface area contributed by atoms with Crippen molar-refractivity contribution in [3.05, 3.63) is 41.1 Å². The third-order valence-corrected chi connectivity index (χ3v) is 3.97. The number of hydrogen-bond donors (Lipinski definition) is 2. The molecule has 1 aliphatic rings. The Morgan fingerprint density at radius 3 is 2.57 bits per heavy atom. The third kappa shape index (κ3) is 3.14. The smallest absolute Gasteiger partial charge is 0.416 e. The van der Waals surface area contributed by atoms with Gasteiger partial charge >= 0.3 is 6.18 Å². The maximum absolute atomic E-state index is 12.9. The zero-order valence-corrected chi connectivity index (χ0v) is 12.3. The highest BCUT2D eigenvalue weighted by atomic mass is 19.4. The van der Waals surface area contributed by atoms with Crippen molar-refractivity contribution in [1.82, 2.24) is 10.2 Å². The standard InChI is InChI=1S/C16H15F3N2O2/c1-8-2-14-12(15(23)3-8)7-13(20-21-14)9-4-10(16(17,18)19)6-11(22)5-9/h4-8,15,22-23H,2-3H2,1H3. The van der Waals surface area contributed by atoms with Crippen LogP contribution in [-0.2, 0) is 12.6 Å². The molecule has 0 aliphatic heterocycles. The number of phenolic OH excluding ortho intramolecular Hbond substituents is 1. The van der Waals surface area contributed by atoms with Crippen molar-refractivity contribution in [3.63, 3.8) is 0 Å². The largest absolute Gasteiger partial charge is 0.508 e. The van der Waals surface area contributed by atoms with E-state index in [4.69, 9.17) is 0 Å². The Morgan fingerprint density at radius 2 is 1.87 bits per heavy atom. The van der Waals surface area contributed by atoms with Crippen molar-refractivity contribution in [2.24, 2.45) is 5.92 Å². The molecule has 2 unspecified atom stereocenters. The van der Waals surface area contributed by atoms with Crippen molar-refractivity contribution in [1.29, 1.82) is 0 Å². The average Bonchev–Trinajstić information content (AvgIpc) is 2.45. The summed E-state index contributed by atoms with van der Waals surface area (Å²) in [7, 11) is 0. The molecule has 1 aromatic carbocycles. The van der Waals surface area contributed by atoms with Gasteiger partial charge in [0.25, 0.3) is 0 Å². The minimum Gasteiger partial charge on any atom is -0.508 e. The molecule has 0 saturated heterocycles. The number of hydrogen-bond acceptors (Lipinski definition) is 4. The fourth-order valence-electron chi connectivity index (χ4n) is 2.86. The molecule has 3 rings (SSSR count). The second kappa shape index (κ2) is 5.49. The number of aromatic hydroxyl groups is 1. The summed E-state index contributed by atoms with van der Waals surface area (Å²) in [5, 5.41) is 27.7. The third-order valence-electron chi connectivity index (χ3n) is 3.97. The Morgan fingerprint density at radius 1 is 1.13 bits per heavy atom. The van der Waals surface area contributed by atoms with Crippen molar-refractivity contribution in [2.75, 3.05) is 0 Å². The number of rotatable bonds is 1. The van der Waals surface area contributed by atoms with Crippen molar-refractivity contribution >= 4 is 0 Å². The summed E-state index contributed by atoms with van der Waals surface area (Å²) in [4.78, 5) is 0. The van der Waals surface area contributed by atoms with Crippen LogP contribution >= 0.6 is 0 Å². The fraction of sp³-hybridized carbons (Fsp3) is 0.375. The van der Waals surface area contributed by atoms with Gasteiger partial charge in [-0.1, -0.05) is 6.92 Å². The molecule has 0 bridgehead atoms. The molecule has 0 spiro atoms. The number of alkyl halides is 3. The lowest BCUT2D eigenvalue weighted by Crippen LogP contribution is -2.18. The van der Waals surface area contributed by atoms with E-state index < -0.39 is 23.6 Å². The predicted molar refractivity (Wildman–Crippen MR) is 76.6 cm³/mol. The topological polar surface area (TPSA) is 66.2 Å². The summed E-state index contributed by atoms with van der Waals surface area (Å²) in [6.45, 7) is 1.99. The molecule has 1 aromatic heterocycles. The SMILES string of the molecule is CC1Cc2nnc(-c3cc(O)cc(C(F)(F)F)c3)cc2C(O)C1. The van der Waals surface area contributed by atoms with Crippen LogP contribution in [0.5, 0.6) is 5.75 Å². The summed E-state index contributed by atoms with van der Waals surface area (Å²) < 4.78 is 38.6. The van der Waals surface area contributed by atoms with Gasteiger partial charge < -0.3 is 10.2 Å². The zero-order chi connectivity index (χ0) is 16.8. The Labute approximate surface area is 130 Å². The molecule has 1 heterocycles. The molecule has 4 nitrogen and oxygen atoms in total. The van der Waals surface area contributed by atoms with Crippen LogP contribution in [0.1, 0.15) is 36.3 Å². The highest BCUT2D eigenvalue weighted by molar-refractivity contribution is 5.63. The van der Waals surface area contributed by atoms with E-state index >= 15 is 0 Å². The van der Waals surface area contributed by atoms with Gasteiger partial charge in [0.1, 0.15) is 5.75 Å². The first-order valence-electron chi connectivity index (χ1n) is 7.20. The van der Waals surface area contributed by atoms with Crippen LogP contribution in [0.15, 0.2) is 24.3 Å². The molecule has 122 valence electrons. The van der Waals surface area contributed by atoms with E-state index in [1.54, 1.807) is 6.07 Å². The normalized spacial score (nSPS) is 21.1. The number of benzene rings is 1. The Kier molecular flexibility index (Phi) is 3.75. The summed E-state index contributed by atoms with van der Waals surface area (Å²) >= 11 is 0. The Hall–Kier alpha value is -2.15. The van der Waals surface area contributed by atoms with Crippen LogP contribution in [0.2, 0.25) is 0 Å². The van der Waals surface area contributed by atoms with E-state index in [9.17, 15) is 23.4 Å². The van der Waals surface area contributed by atoms with E-state index in [1.807, 2.05) is 6.92 Å². The molecule has 0 saturated carbocycles. The molecule has 0 radical (unpaired) electrons. The zero-order valence-electron chi connectivity index (χ0n) is 12.3. The molecule has 2 atom stereocenters. The quantitative estimate of drug-likeness (QED) is 0.843. The minimum absolute atomic E-state index is 0.110. The molecular formula is C16H15F3N2O2. The maximum atomic E-state index is 12.9. The molecule has 7 heteroatoms. The molecule has 2 N–H and O–H groups in total. The fourth-order valence-corrected chi connectivity index (χ4v) is 2.86. The van der Waals surface area contributed by atoms with Crippen LogP contribution in [0, 0.1) is 5.92 Å². The minimum atomic E-state index is -4.57. The average molecular weight is 324 g/mol. The Balaban J connectivity index is 2.06. The van der Waals surface area contributed by atoms with E-state index in [1.165, 1.54) is 6.07 Å². The van der Waals surface area contributed by atoms with E-state index in [0.717, 1.165) is 6.07 Å². The maximum Gasteiger partial charge on any atom is 0.416 e. The molecule has 23 heavy (non-hydrogen) atoms. The molecule has 0 fully saturated rings. The van der Waals surface area contributed by atoms with Crippen LogP contribution in [0.25, 0.3) is 11.3 Å². The van der Waals surface area contributed by atoms with Gasteiger partial charge in [-0.25, -0.2) is 0 Å². The van der Waals surface area contributed by atoms with Gasteiger partial charge in [0.05, 0.1) is 23.1 Å². The Bertz CT molecular complexity index is 747. The van der Waals surface area contributed by atoms with Gasteiger partial charge in [-0.05, 0) is 43.0 Å². The summed E-state index contributed by atoms with van der Waals surface area (Å²) in [6.07, 6.45) is -4.02. The first kappa shape index (κ1) is 15.7. The highest BCUT2D eigenvalue weighted by Crippen LogP contribution is 2.37. The first-order valence-corrected chi connectivity index (χ1v) is 7.20. The van der Waals surface area contributed by atoms with Crippen molar-refractivity contribution in [3.8, 4) is 17.0 Å². The van der Waals surface area contributed by atoms with Gasteiger partial charge in [0.15, 0.2) is 0 Å². The number of halogens is 3. The second-order valence-electron chi connectivity index (χ2n) is 5.96. The number of aromatic nitrogens is 2. The first-order chi connectivity index (χ1) is 10.7. The molecule has 1 aliphatic carbocycles. The second-order valence-corrected chi connectivity index (χ2v) is 5.96.